The summed E-state index contributed by atoms with van der Waals surface area (Å²) in [4.78, 5) is 16.2. The van der Waals surface area contributed by atoms with Crippen LogP contribution < -0.4 is 11.5 Å². The van der Waals surface area contributed by atoms with E-state index in [1.165, 1.54) is 0 Å². The van der Waals surface area contributed by atoms with Crippen molar-refractivity contribution in [3.05, 3.63) is 12.0 Å². The fraction of sp³-hybridized carbons (Fsp3) is 0. The quantitative estimate of drug-likeness (QED) is 0.455. The van der Waals surface area contributed by atoms with Gasteiger partial charge >= 0.3 is 0 Å². The number of nitrogen functional groups attached to an aromatic ring is 1. The zero-order valence-corrected chi connectivity index (χ0v) is 4.51. The van der Waals surface area contributed by atoms with Crippen LogP contribution in [0.15, 0.2) is 6.30 Å². The van der Waals surface area contributed by atoms with E-state index < -0.39 is 5.91 Å². The van der Waals surface area contributed by atoms with Crippen molar-refractivity contribution < 1.29 is 6.17 Å². The van der Waals surface area contributed by atoms with E-state index in [1.54, 1.807) is 0 Å². The highest BCUT2D eigenvalue weighted by atomic mass is 16.1. The Kier molecular flexibility index (Phi) is 0.860. The number of aromatic amines is 1. The van der Waals surface area contributed by atoms with Crippen LogP contribution in [0.1, 0.15) is 11.9 Å². The van der Waals surface area contributed by atoms with Gasteiger partial charge in [0.1, 0.15) is 7.19 Å². The van der Waals surface area contributed by atoms with Crippen molar-refractivity contribution in [2.75, 3.05) is 5.73 Å². The number of carbonyl (C=O) groups is 1. The number of carbonyl (C=O) groups excluding carboxylic acids is 1. The Morgan fingerprint density at radius 2 is 2.67 bits per heavy atom. The number of aromatic nitrogens is 2. The molecule has 1 amide bonds. The van der Waals surface area contributed by atoms with Crippen LogP contribution in [0.2, 0.25) is 0 Å². The second-order valence-electron chi connectivity index (χ2n) is 1.48. The topological polar surface area (TPSA) is 97.8 Å². The van der Waals surface area contributed by atoms with Gasteiger partial charge < -0.3 is 16.5 Å². The largest absolute Gasteiger partial charge is 0.383 e. The summed E-state index contributed by atoms with van der Waals surface area (Å²) >= 11 is 0. The molecule has 1 rings (SSSR count). The van der Waals surface area contributed by atoms with Gasteiger partial charge in [-0.25, -0.2) is 4.98 Å². The summed E-state index contributed by atoms with van der Waals surface area (Å²) in [5.41, 5.74) is 9.97. The number of hydrogen-bond acceptors (Lipinski definition) is 3. The van der Waals surface area contributed by atoms with Gasteiger partial charge in [-0.1, -0.05) is 0 Å². The Labute approximate surface area is 52.5 Å². The standard InChI is InChI=1S/C4H6N4O/c5-3-2(4(6)9)7-1-8-3/h1H,5H2,(H2,6,9)(H,7,8)/i1D. The maximum atomic E-state index is 10.4. The predicted octanol–water partition coefficient (Wildman–Crippen LogP) is -0.909. The van der Waals surface area contributed by atoms with E-state index >= 15 is 0 Å². The second-order valence-corrected chi connectivity index (χ2v) is 1.48. The van der Waals surface area contributed by atoms with Crippen LogP contribution in [0.25, 0.3) is 0 Å². The summed E-state index contributed by atoms with van der Waals surface area (Å²) in [7, 11) is 0. The first-order chi connectivity index (χ1) is 4.61. The van der Waals surface area contributed by atoms with Crippen LogP contribution in [-0.4, -0.2) is 15.9 Å². The van der Waals surface area contributed by atoms with Gasteiger partial charge in [-0.05, 0) is 0 Å². The Balaban J connectivity index is 3.15. The molecule has 0 atom stereocenters. The third-order valence-corrected chi connectivity index (χ3v) is 0.847. The molecule has 5 heteroatoms. The molecule has 1 aromatic rings. The molecule has 1 heterocycles. The Morgan fingerprint density at radius 3 is 2.89 bits per heavy atom. The summed E-state index contributed by atoms with van der Waals surface area (Å²) in [6.45, 7) is 0. The Hall–Kier alpha value is -1.52. The highest BCUT2D eigenvalue weighted by Crippen LogP contribution is 2.00. The molecule has 1 aromatic heterocycles. The first kappa shape index (κ1) is 4.37. The number of nitrogens with one attached hydrogen (secondary N) is 1. The van der Waals surface area contributed by atoms with E-state index in [0.717, 1.165) is 0 Å². The minimum Gasteiger partial charge on any atom is -0.383 e. The minimum atomic E-state index is -0.729. The second kappa shape index (κ2) is 1.77. The molecular formula is C4H6N4O. The van der Waals surface area contributed by atoms with E-state index in [4.69, 9.17) is 12.8 Å². The number of imidazole rings is 1. The van der Waals surface area contributed by atoms with Crippen LogP contribution >= 0.6 is 0 Å². The highest BCUT2D eigenvalue weighted by molar-refractivity contribution is 5.94. The third kappa shape index (κ3) is 0.835. The van der Waals surface area contributed by atoms with Crippen molar-refractivity contribution in [1.29, 1.82) is 0 Å². The van der Waals surface area contributed by atoms with Crippen LogP contribution in [0.4, 0.5) is 5.82 Å². The smallest absolute Gasteiger partial charge is 0.271 e. The maximum absolute atomic E-state index is 10.4. The SMILES string of the molecule is [2H]c1nc(C(N)=O)c(N)[nH]1. The van der Waals surface area contributed by atoms with E-state index in [2.05, 4.69) is 9.97 Å². The van der Waals surface area contributed by atoms with Crippen LogP contribution in [0.5, 0.6) is 0 Å². The molecule has 0 aliphatic carbocycles. The van der Waals surface area contributed by atoms with Crippen LogP contribution in [0.3, 0.4) is 0 Å². The molecule has 48 valence electrons. The van der Waals surface area contributed by atoms with Gasteiger partial charge in [-0.2, -0.15) is 0 Å². The first-order valence-electron chi connectivity index (χ1n) is 2.73. The van der Waals surface area contributed by atoms with Gasteiger partial charge in [-0.3, -0.25) is 4.79 Å². The molecule has 0 aliphatic rings. The number of rotatable bonds is 1. The van der Waals surface area contributed by atoms with Gasteiger partial charge in [0, 0.05) is 0 Å². The molecule has 0 fully saturated rings. The van der Waals surface area contributed by atoms with Crippen molar-refractivity contribution >= 4 is 11.7 Å². The first-order valence-corrected chi connectivity index (χ1v) is 2.23. The van der Waals surface area contributed by atoms with E-state index in [9.17, 15) is 4.79 Å². The summed E-state index contributed by atoms with van der Waals surface area (Å²) in [6.07, 6.45) is -0.161. The summed E-state index contributed by atoms with van der Waals surface area (Å²) in [6, 6.07) is 0. The summed E-state index contributed by atoms with van der Waals surface area (Å²) in [5, 5.41) is 0. The lowest BCUT2D eigenvalue weighted by molar-refractivity contribution is 0.0997. The number of H-pyrrole nitrogens is 1. The lowest BCUT2D eigenvalue weighted by Crippen LogP contribution is -2.13. The van der Waals surface area contributed by atoms with Gasteiger partial charge in [0.15, 0.2) is 5.69 Å². The minimum absolute atomic E-state index is 0.0394. The molecule has 0 spiro atoms. The highest BCUT2D eigenvalue weighted by Gasteiger charge is 2.05. The fourth-order valence-corrected chi connectivity index (χ4v) is 0.451. The lowest BCUT2D eigenvalue weighted by Gasteiger charge is -1.86. The van der Waals surface area contributed by atoms with Crippen molar-refractivity contribution in [2.45, 2.75) is 0 Å². The number of nitrogens with zero attached hydrogens (tertiary/aromatic N) is 1. The van der Waals surface area contributed by atoms with Gasteiger partial charge in [0.05, 0.1) is 6.30 Å². The average Bonchev–Trinajstić information content (AvgIpc) is 2.10. The molecule has 0 saturated heterocycles. The number of primary amides is 1. The number of amides is 1. The Bertz CT molecular complexity index is 268. The molecule has 5 N–H and O–H groups in total. The predicted molar refractivity (Wildman–Crippen MR) is 31.5 cm³/mol. The monoisotopic (exact) mass is 127 g/mol. The van der Waals surface area contributed by atoms with Crippen molar-refractivity contribution in [1.82, 2.24) is 9.97 Å². The molecule has 0 radical (unpaired) electrons. The van der Waals surface area contributed by atoms with Crippen molar-refractivity contribution in [3.8, 4) is 0 Å². The van der Waals surface area contributed by atoms with Crippen LogP contribution in [-0.2, 0) is 0 Å². The summed E-state index contributed by atoms with van der Waals surface area (Å²) in [5.74, 6) is -0.690. The molecule has 0 bridgehead atoms. The molecule has 0 saturated carbocycles. The number of hydrogen-bond donors (Lipinski definition) is 3. The fourth-order valence-electron chi connectivity index (χ4n) is 0.451. The third-order valence-electron chi connectivity index (χ3n) is 0.847. The van der Waals surface area contributed by atoms with Gasteiger partial charge in [0.2, 0.25) is 0 Å². The van der Waals surface area contributed by atoms with E-state index in [1.807, 2.05) is 0 Å². The normalized spacial score (nSPS) is 10.9. The maximum Gasteiger partial charge on any atom is 0.271 e. The van der Waals surface area contributed by atoms with E-state index in [0.29, 0.717) is 0 Å². The summed E-state index contributed by atoms with van der Waals surface area (Å²) < 4.78 is 6.90. The van der Waals surface area contributed by atoms with Gasteiger partial charge in [0.25, 0.3) is 5.91 Å². The molecule has 0 unspecified atom stereocenters. The van der Waals surface area contributed by atoms with Crippen molar-refractivity contribution in [2.24, 2.45) is 5.73 Å². The molecular weight excluding hydrogens is 120 g/mol. The van der Waals surface area contributed by atoms with Crippen molar-refractivity contribution in [3.63, 3.8) is 0 Å². The number of nitrogens with two attached hydrogens (primary N) is 2. The van der Waals surface area contributed by atoms with E-state index in [-0.39, 0.29) is 17.8 Å². The molecule has 0 aromatic carbocycles. The molecule has 9 heavy (non-hydrogen) atoms. The zero-order chi connectivity index (χ0) is 7.72. The molecule has 5 nitrogen and oxygen atoms in total. The zero-order valence-electron chi connectivity index (χ0n) is 5.51. The number of anilines is 1. The Morgan fingerprint density at radius 1 is 2.00 bits per heavy atom. The average molecular weight is 127 g/mol. The lowest BCUT2D eigenvalue weighted by atomic mass is 10.4. The molecule has 0 aliphatic heterocycles. The van der Waals surface area contributed by atoms with Gasteiger partial charge in [-0.15, -0.1) is 0 Å². The van der Waals surface area contributed by atoms with Crippen LogP contribution in [0, 0.1) is 0 Å².